The topological polar surface area (TPSA) is 99.3 Å². The fourth-order valence-electron chi connectivity index (χ4n) is 3.32. The summed E-state index contributed by atoms with van der Waals surface area (Å²) in [6.45, 7) is 3.86. The van der Waals surface area contributed by atoms with Crippen LogP contribution in [0.25, 0.3) is 0 Å². The van der Waals surface area contributed by atoms with Gasteiger partial charge in [0, 0.05) is 33.2 Å². The highest BCUT2D eigenvalue weighted by Gasteiger charge is 2.34. The summed E-state index contributed by atoms with van der Waals surface area (Å²) in [6, 6.07) is 5.49. The molecule has 0 atom stereocenters. The van der Waals surface area contributed by atoms with Crippen LogP contribution in [0.4, 0.5) is 4.39 Å². The number of benzene rings is 1. The summed E-state index contributed by atoms with van der Waals surface area (Å²) in [6.07, 6.45) is 0. The highest BCUT2D eigenvalue weighted by Crippen LogP contribution is 2.24. The Balaban J connectivity index is 1.76. The van der Waals surface area contributed by atoms with Crippen molar-refractivity contribution in [2.24, 2.45) is 7.05 Å². The molecule has 1 aromatic carbocycles. The number of hydrogen-bond donors (Lipinski definition) is 0. The Morgan fingerprint density at radius 1 is 1.21 bits per heavy atom. The van der Waals surface area contributed by atoms with Gasteiger partial charge in [0.2, 0.25) is 10.0 Å². The van der Waals surface area contributed by atoms with E-state index < -0.39 is 21.7 Å². The van der Waals surface area contributed by atoms with Crippen molar-refractivity contribution in [2.45, 2.75) is 18.7 Å². The molecule has 2 heterocycles. The van der Waals surface area contributed by atoms with Gasteiger partial charge in [-0.25, -0.2) is 12.8 Å². The van der Waals surface area contributed by atoms with Crippen molar-refractivity contribution < 1.29 is 17.6 Å². The number of amides is 1. The first-order valence-corrected chi connectivity index (χ1v) is 10.1. The largest absolute Gasteiger partial charge is 0.336 e. The van der Waals surface area contributed by atoms with Crippen LogP contribution in [0.15, 0.2) is 23.1 Å². The first kappa shape index (κ1) is 20.0. The second-order valence-electron chi connectivity index (χ2n) is 6.63. The average Bonchev–Trinajstić information content (AvgIpc) is 2.93. The maximum absolute atomic E-state index is 14.1. The third-order valence-corrected chi connectivity index (χ3v) is 7.05. The number of sulfonamides is 1. The number of nitrogens with zero attached hydrogens (tertiary/aromatic N) is 5. The van der Waals surface area contributed by atoms with Crippen LogP contribution in [0.1, 0.15) is 27.3 Å². The van der Waals surface area contributed by atoms with E-state index in [0.29, 0.717) is 11.4 Å². The lowest BCUT2D eigenvalue weighted by Crippen LogP contribution is -2.50. The number of nitriles is 1. The molecule has 8 nitrogen and oxygen atoms in total. The molecule has 10 heteroatoms. The van der Waals surface area contributed by atoms with E-state index in [2.05, 4.69) is 5.10 Å². The summed E-state index contributed by atoms with van der Waals surface area (Å²) in [4.78, 5) is 14.2. The van der Waals surface area contributed by atoms with Gasteiger partial charge in [-0.1, -0.05) is 0 Å². The number of rotatable bonds is 3. The zero-order valence-corrected chi connectivity index (χ0v) is 16.6. The standard InChI is InChI=1S/C18H20FN5O3S/c1-12-17(13(2)22(3)21-12)28(26,27)24-8-6-23(7-9-24)18(25)15-5-4-14(11-20)10-16(15)19/h4-5,10H,6-9H2,1-3H3. The molecule has 0 N–H and O–H groups in total. The molecule has 2 aromatic rings. The molecule has 1 saturated heterocycles. The van der Waals surface area contributed by atoms with Crippen LogP contribution in [0.2, 0.25) is 0 Å². The summed E-state index contributed by atoms with van der Waals surface area (Å²) < 4.78 is 42.9. The van der Waals surface area contributed by atoms with Crippen LogP contribution >= 0.6 is 0 Å². The van der Waals surface area contributed by atoms with E-state index in [4.69, 9.17) is 5.26 Å². The normalized spacial score (nSPS) is 15.5. The molecule has 0 saturated carbocycles. The molecular weight excluding hydrogens is 385 g/mol. The van der Waals surface area contributed by atoms with Crippen LogP contribution in [-0.4, -0.2) is 59.5 Å². The third-order valence-electron chi connectivity index (χ3n) is 4.89. The van der Waals surface area contributed by atoms with Crippen molar-refractivity contribution in [3.8, 4) is 6.07 Å². The Kier molecular flexibility index (Phi) is 5.23. The summed E-state index contributed by atoms with van der Waals surface area (Å²) in [5.41, 5.74) is 0.982. The first-order chi connectivity index (χ1) is 13.2. The van der Waals surface area contributed by atoms with E-state index >= 15 is 0 Å². The van der Waals surface area contributed by atoms with Gasteiger partial charge in [0.15, 0.2) is 0 Å². The maximum Gasteiger partial charge on any atom is 0.256 e. The van der Waals surface area contributed by atoms with E-state index in [0.717, 1.165) is 6.07 Å². The summed E-state index contributed by atoms with van der Waals surface area (Å²) in [7, 11) is -2.05. The SMILES string of the molecule is Cc1nn(C)c(C)c1S(=O)(=O)N1CCN(C(=O)c2ccc(C#N)cc2F)CC1. The van der Waals surface area contributed by atoms with Crippen LogP contribution in [0.5, 0.6) is 0 Å². The minimum Gasteiger partial charge on any atom is -0.336 e. The number of hydrogen-bond acceptors (Lipinski definition) is 5. The molecule has 0 bridgehead atoms. The van der Waals surface area contributed by atoms with Crippen molar-refractivity contribution in [3.63, 3.8) is 0 Å². The quantitative estimate of drug-likeness (QED) is 0.764. The van der Waals surface area contributed by atoms with Gasteiger partial charge in [-0.2, -0.15) is 14.7 Å². The Morgan fingerprint density at radius 2 is 1.86 bits per heavy atom. The number of carbonyl (C=O) groups excluding carboxylic acids is 1. The van der Waals surface area contributed by atoms with E-state index in [1.54, 1.807) is 20.9 Å². The van der Waals surface area contributed by atoms with Crippen LogP contribution < -0.4 is 0 Å². The number of aryl methyl sites for hydroxylation is 2. The minimum atomic E-state index is -3.73. The zero-order valence-electron chi connectivity index (χ0n) is 15.8. The van der Waals surface area contributed by atoms with Gasteiger partial charge in [-0.05, 0) is 32.0 Å². The van der Waals surface area contributed by atoms with Gasteiger partial charge in [-0.3, -0.25) is 9.48 Å². The Labute approximate surface area is 162 Å². The first-order valence-electron chi connectivity index (χ1n) is 8.66. The highest BCUT2D eigenvalue weighted by atomic mass is 32.2. The number of halogens is 1. The maximum atomic E-state index is 14.1. The molecule has 0 unspecified atom stereocenters. The van der Waals surface area contributed by atoms with Gasteiger partial charge >= 0.3 is 0 Å². The van der Waals surface area contributed by atoms with E-state index in [1.807, 2.05) is 6.07 Å². The van der Waals surface area contributed by atoms with Gasteiger partial charge in [0.1, 0.15) is 10.7 Å². The second kappa shape index (κ2) is 7.33. The Hall–Kier alpha value is -2.77. The van der Waals surface area contributed by atoms with Crippen LogP contribution in [0.3, 0.4) is 0 Å². The van der Waals surface area contributed by atoms with Gasteiger partial charge in [0.25, 0.3) is 5.91 Å². The number of aromatic nitrogens is 2. The fourth-order valence-corrected chi connectivity index (χ4v) is 5.14. The molecule has 1 aromatic heterocycles. The third kappa shape index (κ3) is 3.39. The molecule has 28 heavy (non-hydrogen) atoms. The van der Waals surface area contributed by atoms with Crippen molar-refractivity contribution in [2.75, 3.05) is 26.2 Å². The molecule has 1 amide bonds. The Morgan fingerprint density at radius 3 is 2.36 bits per heavy atom. The fraction of sp³-hybridized carbons (Fsp3) is 0.389. The highest BCUT2D eigenvalue weighted by molar-refractivity contribution is 7.89. The van der Waals surface area contributed by atoms with Gasteiger partial charge in [0.05, 0.1) is 28.6 Å². The van der Waals surface area contributed by atoms with Crippen LogP contribution in [-0.2, 0) is 17.1 Å². The van der Waals surface area contributed by atoms with Crippen LogP contribution in [0, 0.1) is 31.0 Å². The predicted molar refractivity (Wildman–Crippen MR) is 98.5 cm³/mol. The molecule has 1 aliphatic rings. The smallest absolute Gasteiger partial charge is 0.256 e. The zero-order chi connectivity index (χ0) is 20.6. The molecule has 0 spiro atoms. The minimum absolute atomic E-state index is 0.111. The summed E-state index contributed by atoms with van der Waals surface area (Å²) >= 11 is 0. The molecule has 0 radical (unpaired) electrons. The average molecular weight is 405 g/mol. The van der Waals surface area contributed by atoms with Crippen molar-refractivity contribution in [3.05, 3.63) is 46.5 Å². The Bertz CT molecular complexity index is 1080. The lowest BCUT2D eigenvalue weighted by molar-refractivity contribution is 0.0693. The molecule has 148 valence electrons. The monoisotopic (exact) mass is 405 g/mol. The van der Waals surface area contributed by atoms with Crippen molar-refractivity contribution >= 4 is 15.9 Å². The number of carbonyl (C=O) groups is 1. The molecule has 0 aliphatic carbocycles. The van der Waals surface area contributed by atoms with E-state index in [1.165, 1.54) is 26.0 Å². The van der Waals surface area contributed by atoms with E-state index in [9.17, 15) is 17.6 Å². The molecule has 1 fully saturated rings. The van der Waals surface area contributed by atoms with Gasteiger partial charge in [-0.15, -0.1) is 0 Å². The summed E-state index contributed by atoms with van der Waals surface area (Å²) in [5.74, 6) is -1.28. The predicted octanol–water partition coefficient (Wildman–Crippen LogP) is 1.19. The summed E-state index contributed by atoms with van der Waals surface area (Å²) in [5, 5.41) is 13.0. The van der Waals surface area contributed by atoms with Gasteiger partial charge < -0.3 is 4.90 Å². The lowest BCUT2D eigenvalue weighted by atomic mass is 10.1. The van der Waals surface area contributed by atoms with E-state index in [-0.39, 0.29) is 42.2 Å². The lowest BCUT2D eigenvalue weighted by Gasteiger charge is -2.34. The molecule has 3 rings (SSSR count). The molecular formula is C18H20FN5O3S. The van der Waals surface area contributed by atoms with Crippen molar-refractivity contribution in [1.29, 1.82) is 5.26 Å². The second-order valence-corrected chi connectivity index (χ2v) is 8.50. The molecule has 1 aliphatic heterocycles. The number of piperazine rings is 1. The van der Waals surface area contributed by atoms with Crippen molar-refractivity contribution in [1.82, 2.24) is 19.0 Å².